The Labute approximate surface area is 92.6 Å². The van der Waals surface area contributed by atoms with Crippen molar-refractivity contribution in [3.63, 3.8) is 0 Å². The number of unbranched alkanes of at least 4 members (excludes halogenated alkanes) is 1. The van der Waals surface area contributed by atoms with Gasteiger partial charge in [-0.3, -0.25) is 0 Å². The molecular formula is C10H13FN2O3. The molecule has 16 heavy (non-hydrogen) atoms. The van der Waals surface area contributed by atoms with Crippen LogP contribution in [0.4, 0.5) is 4.39 Å². The van der Waals surface area contributed by atoms with Gasteiger partial charge in [0.05, 0.1) is 19.9 Å². The smallest absolute Gasteiger partial charge is 0.376 e. The average molecular weight is 228 g/mol. The molecule has 1 heterocycles. The van der Waals surface area contributed by atoms with E-state index in [2.05, 4.69) is 14.7 Å². The van der Waals surface area contributed by atoms with Crippen molar-refractivity contribution >= 4 is 5.97 Å². The van der Waals surface area contributed by atoms with Gasteiger partial charge in [-0.05, 0) is 6.42 Å². The molecule has 0 saturated carbocycles. The van der Waals surface area contributed by atoms with Crippen LogP contribution in [0.1, 0.15) is 30.4 Å². The molecule has 0 saturated heterocycles. The van der Waals surface area contributed by atoms with Crippen molar-refractivity contribution in [1.82, 2.24) is 9.97 Å². The average Bonchev–Trinajstić information content (AvgIpc) is 2.31. The highest BCUT2D eigenvalue weighted by atomic mass is 19.1. The van der Waals surface area contributed by atoms with Gasteiger partial charge in [0.2, 0.25) is 11.6 Å². The van der Waals surface area contributed by atoms with Gasteiger partial charge in [-0.1, -0.05) is 13.3 Å². The van der Waals surface area contributed by atoms with Crippen LogP contribution in [-0.4, -0.2) is 29.7 Å². The fraction of sp³-hybridized carbons (Fsp3) is 0.500. The molecule has 1 aromatic heterocycles. The second kappa shape index (κ2) is 5.99. The molecule has 1 aromatic rings. The SMILES string of the molecule is CCCCOc1nc(C(=O)OC)ncc1F. The third-order valence-corrected chi connectivity index (χ3v) is 1.82. The molecule has 0 radical (unpaired) electrons. The Bertz CT molecular complexity index is 371. The monoisotopic (exact) mass is 228 g/mol. The van der Waals surface area contributed by atoms with Crippen molar-refractivity contribution in [1.29, 1.82) is 0 Å². The van der Waals surface area contributed by atoms with Gasteiger partial charge in [-0.25, -0.2) is 9.78 Å². The summed E-state index contributed by atoms with van der Waals surface area (Å²) in [5.74, 6) is -1.84. The Morgan fingerprint density at radius 3 is 2.94 bits per heavy atom. The number of ether oxygens (including phenoxy) is 2. The van der Waals surface area contributed by atoms with E-state index >= 15 is 0 Å². The van der Waals surface area contributed by atoms with Crippen LogP contribution in [-0.2, 0) is 4.74 Å². The first kappa shape index (κ1) is 12.4. The largest absolute Gasteiger partial charge is 0.476 e. The van der Waals surface area contributed by atoms with Gasteiger partial charge in [0.1, 0.15) is 0 Å². The lowest BCUT2D eigenvalue weighted by Crippen LogP contribution is -2.10. The minimum atomic E-state index is -0.722. The molecule has 0 aliphatic rings. The first-order valence-electron chi connectivity index (χ1n) is 4.92. The standard InChI is InChI=1S/C10H13FN2O3/c1-3-4-5-16-9-7(11)6-12-8(13-9)10(14)15-2/h6H,3-5H2,1-2H3. The third-order valence-electron chi connectivity index (χ3n) is 1.82. The zero-order valence-electron chi connectivity index (χ0n) is 9.20. The number of esters is 1. The van der Waals surface area contributed by atoms with Crippen molar-refractivity contribution in [3.8, 4) is 5.88 Å². The van der Waals surface area contributed by atoms with Crippen molar-refractivity contribution in [2.75, 3.05) is 13.7 Å². The molecule has 1 rings (SSSR count). The lowest BCUT2D eigenvalue weighted by Gasteiger charge is -2.05. The van der Waals surface area contributed by atoms with Crippen LogP contribution in [0, 0.1) is 5.82 Å². The maximum atomic E-state index is 13.2. The summed E-state index contributed by atoms with van der Waals surface area (Å²) in [6.07, 6.45) is 2.61. The zero-order chi connectivity index (χ0) is 12.0. The van der Waals surface area contributed by atoms with Gasteiger partial charge in [-0.15, -0.1) is 0 Å². The minimum Gasteiger partial charge on any atom is -0.476 e. The number of rotatable bonds is 5. The Morgan fingerprint density at radius 1 is 1.56 bits per heavy atom. The van der Waals surface area contributed by atoms with Crippen molar-refractivity contribution in [3.05, 3.63) is 17.8 Å². The van der Waals surface area contributed by atoms with Gasteiger partial charge in [0, 0.05) is 0 Å². The highest BCUT2D eigenvalue weighted by Crippen LogP contribution is 2.13. The summed E-state index contributed by atoms with van der Waals surface area (Å²) in [6, 6.07) is 0. The Morgan fingerprint density at radius 2 is 2.31 bits per heavy atom. The molecule has 0 unspecified atom stereocenters. The number of methoxy groups -OCH3 is 1. The predicted octanol–water partition coefficient (Wildman–Crippen LogP) is 1.58. The summed E-state index contributed by atoms with van der Waals surface area (Å²) in [6.45, 7) is 2.34. The number of carbonyl (C=O) groups excluding carboxylic acids is 1. The first-order valence-corrected chi connectivity index (χ1v) is 4.92. The van der Waals surface area contributed by atoms with Crippen LogP contribution in [0.2, 0.25) is 0 Å². The fourth-order valence-electron chi connectivity index (χ4n) is 0.956. The fourth-order valence-corrected chi connectivity index (χ4v) is 0.956. The van der Waals surface area contributed by atoms with E-state index in [1.54, 1.807) is 0 Å². The van der Waals surface area contributed by atoms with Crippen LogP contribution in [0.25, 0.3) is 0 Å². The van der Waals surface area contributed by atoms with Gasteiger partial charge in [-0.2, -0.15) is 9.37 Å². The number of nitrogens with zero attached hydrogens (tertiary/aromatic N) is 2. The van der Waals surface area contributed by atoms with E-state index in [1.165, 1.54) is 7.11 Å². The summed E-state index contributed by atoms with van der Waals surface area (Å²) in [7, 11) is 1.20. The summed E-state index contributed by atoms with van der Waals surface area (Å²) >= 11 is 0. The van der Waals surface area contributed by atoms with E-state index in [0.29, 0.717) is 6.61 Å². The van der Waals surface area contributed by atoms with Crippen molar-refractivity contribution < 1.29 is 18.7 Å². The van der Waals surface area contributed by atoms with E-state index in [4.69, 9.17) is 4.74 Å². The maximum absolute atomic E-state index is 13.2. The number of hydrogen-bond donors (Lipinski definition) is 0. The molecule has 0 aromatic carbocycles. The van der Waals surface area contributed by atoms with E-state index in [-0.39, 0.29) is 11.7 Å². The van der Waals surface area contributed by atoms with Crippen LogP contribution >= 0.6 is 0 Å². The van der Waals surface area contributed by atoms with Crippen LogP contribution in [0.3, 0.4) is 0 Å². The number of carbonyl (C=O) groups is 1. The molecule has 0 fully saturated rings. The molecule has 0 atom stereocenters. The topological polar surface area (TPSA) is 61.3 Å². The summed E-state index contributed by atoms with van der Waals surface area (Å²) in [4.78, 5) is 18.2. The molecule has 5 nitrogen and oxygen atoms in total. The van der Waals surface area contributed by atoms with Crippen molar-refractivity contribution in [2.24, 2.45) is 0 Å². The molecule has 0 aliphatic heterocycles. The summed E-state index contributed by atoms with van der Waals surface area (Å²) in [5, 5.41) is 0. The quantitative estimate of drug-likeness (QED) is 0.565. The number of hydrogen-bond acceptors (Lipinski definition) is 5. The zero-order valence-corrected chi connectivity index (χ0v) is 9.20. The molecule has 0 amide bonds. The van der Waals surface area contributed by atoms with E-state index in [9.17, 15) is 9.18 Å². The van der Waals surface area contributed by atoms with Crippen molar-refractivity contribution in [2.45, 2.75) is 19.8 Å². The Hall–Kier alpha value is -1.72. The normalized spacial score (nSPS) is 9.94. The van der Waals surface area contributed by atoms with Gasteiger partial charge in [0.15, 0.2) is 0 Å². The molecule has 0 aliphatic carbocycles. The number of halogens is 1. The Balaban J connectivity index is 2.78. The summed E-state index contributed by atoms with van der Waals surface area (Å²) in [5.41, 5.74) is 0. The number of aromatic nitrogens is 2. The molecular weight excluding hydrogens is 215 g/mol. The van der Waals surface area contributed by atoms with E-state index < -0.39 is 11.8 Å². The molecule has 0 spiro atoms. The second-order valence-electron chi connectivity index (χ2n) is 3.04. The van der Waals surface area contributed by atoms with Crippen LogP contribution < -0.4 is 4.74 Å². The molecule has 0 N–H and O–H groups in total. The van der Waals surface area contributed by atoms with Gasteiger partial charge < -0.3 is 9.47 Å². The van der Waals surface area contributed by atoms with E-state index in [0.717, 1.165) is 19.0 Å². The maximum Gasteiger partial charge on any atom is 0.376 e. The molecule has 0 bridgehead atoms. The second-order valence-corrected chi connectivity index (χ2v) is 3.04. The molecule has 6 heteroatoms. The minimum absolute atomic E-state index is 0.213. The van der Waals surface area contributed by atoms with Crippen LogP contribution in [0.5, 0.6) is 5.88 Å². The van der Waals surface area contributed by atoms with Gasteiger partial charge in [0.25, 0.3) is 5.88 Å². The Kier molecular flexibility index (Phi) is 4.63. The highest BCUT2D eigenvalue weighted by Gasteiger charge is 2.14. The summed E-state index contributed by atoms with van der Waals surface area (Å²) < 4.78 is 22.7. The third kappa shape index (κ3) is 3.15. The predicted molar refractivity (Wildman–Crippen MR) is 53.7 cm³/mol. The lowest BCUT2D eigenvalue weighted by molar-refractivity contribution is 0.0584. The highest BCUT2D eigenvalue weighted by molar-refractivity contribution is 5.84. The van der Waals surface area contributed by atoms with Crippen LogP contribution in [0.15, 0.2) is 6.20 Å². The lowest BCUT2D eigenvalue weighted by atomic mass is 10.4. The first-order chi connectivity index (χ1) is 7.69. The van der Waals surface area contributed by atoms with E-state index in [1.807, 2.05) is 6.92 Å². The molecule has 88 valence electrons. The van der Waals surface area contributed by atoms with Gasteiger partial charge >= 0.3 is 5.97 Å².